The minimum Gasteiger partial charge on any atom is -0.478 e. The molecular formula is C23H34O2. The van der Waals surface area contributed by atoms with E-state index in [0.29, 0.717) is 5.56 Å². The van der Waals surface area contributed by atoms with Gasteiger partial charge in [0.15, 0.2) is 0 Å². The Bertz CT molecular complexity index is 686. The standard InChI is InChI=1S/C11H14O2.C11H16.CH4/c1-11(2,3)9-7-5-4-6-8(9)10(12)13;1-9-7-5-6-8-10(9)11(2,3)4;/h4-7H,1-3H3,(H,12,13);5-8H,1-4H3;1H4. The molecule has 2 aromatic rings. The minimum absolute atomic E-state index is 0. The van der Waals surface area contributed by atoms with Crippen LogP contribution in [-0.4, -0.2) is 11.1 Å². The van der Waals surface area contributed by atoms with E-state index in [1.54, 1.807) is 12.1 Å². The highest BCUT2D eigenvalue weighted by Crippen LogP contribution is 2.25. The lowest BCUT2D eigenvalue weighted by atomic mass is 9.84. The molecule has 0 aliphatic carbocycles. The summed E-state index contributed by atoms with van der Waals surface area (Å²) >= 11 is 0. The molecule has 0 fully saturated rings. The summed E-state index contributed by atoms with van der Waals surface area (Å²) < 4.78 is 0. The normalized spacial score (nSPS) is 11.0. The Morgan fingerprint density at radius 1 is 0.760 bits per heavy atom. The molecular weight excluding hydrogens is 308 g/mol. The SMILES string of the molecule is C.CC(C)(C)c1ccccc1C(=O)O.Cc1ccccc1C(C)(C)C. The summed E-state index contributed by atoms with van der Waals surface area (Å²) in [6, 6.07) is 15.7. The molecule has 138 valence electrons. The van der Waals surface area contributed by atoms with Crippen LogP contribution in [0.3, 0.4) is 0 Å². The van der Waals surface area contributed by atoms with Crippen LogP contribution in [0.1, 0.15) is 76.0 Å². The average molecular weight is 343 g/mol. The topological polar surface area (TPSA) is 37.3 Å². The number of carbonyl (C=O) groups is 1. The molecule has 2 nitrogen and oxygen atoms in total. The number of rotatable bonds is 1. The third-order valence-electron chi connectivity index (χ3n) is 3.92. The van der Waals surface area contributed by atoms with Gasteiger partial charge >= 0.3 is 5.97 Å². The van der Waals surface area contributed by atoms with Crippen molar-refractivity contribution in [1.82, 2.24) is 0 Å². The van der Waals surface area contributed by atoms with Crippen molar-refractivity contribution < 1.29 is 9.90 Å². The van der Waals surface area contributed by atoms with Gasteiger partial charge in [-0.15, -0.1) is 0 Å². The molecule has 0 saturated heterocycles. The Kier molecular flexibility index (Phi) is 8.11. The summed E-state index contributed by atoms with van der Waals surface area (Å²) in [5.74, 6) is -0.856. The Balaban J connectivity index is 0.000000449. The highest BCUT2D eigenvalue weighted by Gasteiger charge is 2.20. The van der Waals surface area contributed by atoms with E-state index in [9.17, 15) is 4.79 Å². The number of carboxylic acids is 1. The van der Waals surface area contributed by atoms with Crippen LogP contribution >= 0.6 is 0 Å². The summed E-state index contributed by atoms with van der Waals surface area (Å²) in [5.41, 5.74) is 4.28. The Labute approximate surface area is 153 Å². The summed E-state index contributed by atoms with van der Waals surface area (Å²) in [6.45, 7) is 14.9. The van der Waals surface area contributed by atoms with Crippen molar-refractivity contribution in [2.45, 2.75) is 66.7 Å². The van der Waals surface area contributed by atoms with Gasteiger partial charge < -0.3 is 5.11 Å². The van der Waals surface area contributed by atoms with E-state index in [-0.39, 0.29) is 18.3 Å². The van der Waals surface area contributed by atoms with E-state index in [4.69, 9.17) is 5.11 Å². The van der Waals surface area contributed by atoms with Crippen LogP contribution in [0, 0.1) is 6.92 Å². The van der Waals surface area contributed by atoms with E-state index < -0.39 is 5.97 Å². The largest absolute Gasteiger partial charge is 0.478 e. The fourth-order valence-corrected chi connectivity index (χ4v) is 2.74. The van der Waals surface area contributed by atoms with E-state index in [2.05, 4.69) is 52.0 Å². The fourth-order valence-electron chi connectivity index (χ4n) is 2.74. The number of carboxylic acid groups (broad SMARTS) is 1. The van der Waals surface area contributed by atoms with Gasteiger partial charge in [0, 0.05) is 0 Å². The van der Waals surface area contributed by atoms with Crippen LogP contribution in [0.4, 0.5) is 0 Å². The van der Waals surface area contributed by atoms with Gasteiger partial charge in [-0.1, -0.05) is 91.4 Å². The van der Waals surface area contributed by atoms with Crippen LogP contribution in [-0.2, 0) is 10.8 Å². The molecule has 2 rings (SSSR count). The molecule has 0 radical (unpaired) electrons. The molecule has 0 bridgehead atoms. The number of aromatic carboxylic acids is 1. The van der Waals surface area contributed by atoms with Gasteiger partial charge in [0.2, 0.25) is 0 Å². The molecule has 0 atom stereocenters. The number of hydrogen-bond acceptors (Lipinski definition) is 1. The third kappa shape index (κ3) is 6.74. The molecule has 0 heterocycles. The highest BCUT2D eigenvalue weighted by atomic mass is 16.4. The van der Waals surface area contributed by atoms with E-state index in [0.717, 1.165) is 5.56 Å². The number of aryl methyl sites for hydroxylation is 1. The maximum absolute atomic E-state index is 10.9. The lowest BCUT2D eigenvalue weighted by Crippen LogP contribution is -2.16. The zero-order valence-electron chi connectivity index (χ0n) is 16.0. The summed E-state index contributed by atoms with van der Waals surface area (Å²) in [7, 11) is 0. The maximum Gasteiger partial charge on any atom is 0.335 e. The first-order valence-electron chi connectivity index (χ1n) is 8.33. The van der Waals surface area contributed by atoms with Crippen molar-refractivity contribution in [2.75, 3.05) is 0 Å². The average Bonchev–Trinajstić information content (AvgIpc) is 2.46. The third-order valence-corrected chi connectivity index (χ3v) is 3.92. The van der Waals surface area contributed by atoms with Crippen LogP contribution in [0.5, 0.6) is 0 Å². The van der Waals surface area contributed by atoms with Crippen molar-refractivity contribution in [3.63, 3.8) is 0 Å². The smallest absolute Gasteiger partial charge is 0.335 e. The Hall–Kier alpha value is -2.09. The Morgan fingerprint density at radius 2 is 1.16 bits per heavy atom. The molecule has 0 aromatic heterocycles. The van der Waals surface area contributed by atoms with Gasteiger partial charge in [0.25, 0.3) is 0 Å². The zero-order valence-corrected chi connectivity index (χ0v) is 16.0. The Morgan fingerprint density at radius 3 is 1.48 bits per heavy atom. The molecule has 25 heavy (non-hydrogen) atoms. The zero-order chi connectivity index (χ0) is 18.5. The van der Waals surface area contributed by atoms with E-state index in [1.165, 1.54) is 11.1 Å². The van der Waals surface area contributed by atoms with Gasteiger partial charge in [0.1, 0.15) is 0 Å². The van der Waals surface area contributed by atoms with Crippen LogP contribution < -0.4 is 0 Å². The van der Waals surface area contributed by atoms with Crippen molar-refractivity contribution in [1.29, 1.82) is 0 Å². The first-order valence-corrected chi connectivity index (χ1v) is 8.33. The van der Waals surface area contributed by atoms with E-state index >= 15 is 0 Å². The lowest BCUT2D eigenvalue weighted by Gasteiger charge is -2.21. The maximum atomic E-state index is 10.9. The monoisotopic (exact) mass is 342 g/mol. The van der Waals surface area contributed by atoms with Gasteiger partial charge in [-0.05, 0) is 40.5 Å². The predicted molar refractivity (Wildman–Crippen MR) is 109 cm³/mol. The number of benzene rings is 2. The first kappa shape index (κ1) is 22.9. The van der Waals surface area contributed by atoms with Crippen LogP contribution in [0.25, 0.3) is 0 Å². The van der Waals surface area contributed by atoms with Crippen molar-refractivity contribution in [3.05, 3.63) is 70.8 Å². The first-order chi connectivity index (χ1) is 10.9. The van der Waals surface area contributed by atoms with Crippen LogP contribution in [0.2, 0.25) is 0 Å². The molecule has 0 unspecified atom stereocenters. The molecule has 0 spiro atoms. The quantitative estimate of drug-likeness (QED) is 0.633. The van der Waals surface area contributed by atoms with Gasteiger partial charge in [-0.2, -0.15) is 0 Å². The summed E-state index contributed by atoms with van der Waals surface area (Å²) in [6.07, 6.45) is 0. The molecule has 2 aromatic carbocycles. The summed E-state index contributed by atoms with van der Waals surface area (Å²) in [5, 5.41) is 8.93. The van der Waals surface area contributed by atoms with Gasteiger partial charge in [-0.25, -0.2) is 4.79 Å². The van der Waals surface area contributed by atoms with Gasteiger partial charge in [0.05, 0.1) is 5.56 Å². The van der Waals surface area contributed by atoms with Gasteiger partial charge in [-0.3, -0.25) is 0 Å². The molecule has 0 amide bonds. The van der Waals surface area contributed by atoms with Crippen molar-refractivity contribution in [2.24, 2.45) is 0 Å². The van der Waals surface area contributed by atoms with E-state index in [1.807, 2.05) is 32.9 Å². The molecule has 0 aliphatic rings. The van der Waals surface area contributed by atoms with Crippen molar-refractivity contribution in [3.8, 4) is 0 Å². The number of hydrogen-bond donors (Lipinski definition) is 1. The molecule has 0 aliphatic heterocycles. The minimum atomic E-state index is -0.856. The highest BCUT2D eigenvalue weighted by molar-refractivity contribution is 5.89. The summed E-state index contributed by atoms with van der Waals surface area (Å²) in [4.78, 5) is 10.9. The molecule has 1 N–H and O–H groups in total. The van der Waals surface area contributed by atoms with Crippen molar-refractivity contribution >= 4 is 5.97 Å². The predicted octanol–water partition coefficient (Wildman–Crippen LogP) is 6.61. The molecule has 0 saturated carbocycles. The van der Waals surface area contributed by atoms with Crippen LogP contribution in [0.15, 0.2) is 48.5 Å². The lowest BCUT2D eigenvalue weighted by molar-refractivity contribution is 0.0694. The second-order valence-electron chi connectivity index (χ2n) is 8.17. The fraction of sp³-hybridized carbons (Fsp3) is 0.435. The second-order valence-corrected chi connectivity index (χ2v) is 8.17. The second kappa shape index (κ2) is 8.84. The molecule has 2 heteroatoms.